The molecule has 0 radical (unpaired) electrons. The molecule has 5 nitrogen and oxygen atoms in total. The molecule has 0 N–H and O–H groups in total. The Hall–Kier alpha value is -2.82. The number of carbonyl (C=O) groups is 1. The van der Waals surface area contributed by atoms with E-state index in [9.17, 15) is 4.79 Å². The van der Waals surface area contributed by atoms with E-state index in [0.29, 0.717) is 11.4 Å². The molecule has 0 aliphatic carbocycles. The highest BCUT2D eigenvalue weighted by molar-refractivity contribution is 5.97. The summed E-state index contributed by atoms with van der Waals surface area (Å²) in [4.78, 5) is 12.4. The molecule has 3 rings (SSSR count). The molecule has 2 aromatic carbocycles. The fourth-order valence-corrected chi connectivity index (χ4v) is 1.91. The third kappa shape index (κ3) is 2.21. The Balaban J connectivity index is 2.02. The van der Waals surface area contributed by atoms with Gasteiger partial charge in [0.15, 0.2) is 5.82 Å². The third-order valence-electron chi connectivity index (χ3n) is 2.99. The summed E-state index contributed by atoms with van der Waals surface area (Å²) in [5.74, 6) is 0.199. The summed E-state index contributed by atoms with van der Waals surface area (Å²) in [6, 6.07) is 16.7. The first kappa shape index (κ1) is 12.2. The van der Waals surface area contributed by atoms with Gasteiger partial charge in [-0.2, -0.15) is 4.68 Å². The lowest BCUT2D eigenvalue weighted by atomic mass is 10.1. The average molecular weight is 264 g/mol. The first-order valence-corrected chi connectivity index (χ1v) is 6.21. The molecule has 0 saturated carbocycles. The molecule has 20 heavy (non-hydrogen) atoms. The van der Waals surface area contributed by atoms with E-state index in [2.05, 4.69) is 15.5 Å². The van der Waals surface area contributed by atoms with Gasteiger partial charge in [0.1, 0.15) is 0 Å². The lowest BCUT2D eigenvalue weighted by molar-refractivity contribution is 0.0945. The number of tetrazole rings is 1. The van der Waals surface area contributed by atoms with Crippen LogP contribution in [0, 0.1) is 6.92 Å². The molecule has 0 spiro atoms. The number of carbonyl (C=O) groups excluding carboxylic acids is 1. The van der Waals surface area contributed by atoms with Crippen molar-refractivity contribution >= 4 is 5.91 Å². The number of aryl methyl sites for hydroxylation is 1. The fraction of sp³-hybridized carbons (Fsp3) is 0.0667. The van der Waals surface area contributed by atoms with Crippen molar-refractivity contribution in [1.29, 1.82) is 0 Å². The molecule has 0 saturated heterocycles. The minimum absolute atomic E-state index is 0.244. The van der Waals surface area contributed by atoms with Gasteiger partial charge in [0, 0.05) is 11.1 Å². The Labute approximate surface area is 115 Å². The van der Waals surface area contributed by atoms with Gasteiger partial charge in [-0.25, -0.2) is 0 Å². The maximum absolute atomic E-state index is 12.4. The minimum Gasteiger partial charge on any atom is -0.267 e. The number of hydrogen-bond donors (Lipinski definition) is 0. The standard InChI is InChI=1S/C15H12N4O/c1-11-7-9-12(10-8-11)14-16-17-18-19(14)15(20)13-5-3-2-4-6-13/h2-10H,1H3. The zero-order chi connectivity index (χ0) is 13.9. The van der Waals surface area contributed by atoms with E-state index in [1.807, 2.05) is 49.4 Å². The van der Waals surface area contributed by atoms with Crippen molar-refractivity contribution in [2.45, 2.75) is 6.92 Å². The second kappa shape index (κ2) is 5.05. The molecular weight excluding hydrogens is 252 g/mol. The molecule has 98 valence electrons. The van der Waals surface area contributed by atoms with Crippen molar-refractivity contribution in [2.24, 2.45) is 0 Å². The second-order valence-electron chi connectivity index (χ2n) is 4.45. The molecule has 0 unspecified atom stereocenters. The Morgan fingerprint density at radius 3 is 2.40 bits per heavy atom. The van der Waals surface area contributed by atoms with Gasteiger partial charge in [0.05, 0.1) is 0 Å². The summed E-state index contributed by atoms with van der Waals surface area (Å²) >= 11 is 0. The molecule has 1 heterocycles. The van der Waals surface area contributed by atoms with Crippen molar-refractivity contribution in [3.05, 3.63) is 65.7 Å². The second-order valence-corrected chi connectivity index (χ2v) is 4.45. The largest absolute Gasteiger partial charge is 0.281 e. The van der Waals surface area contributed by atoms with E-state index in [1.54, 1.807) is 12.1 Å². The van der Waals surface area contributed by atoms with Gasteiger partial charge >= 0.3 is 0 Å². The zero-order valence-electron chi connectivity index (χ0n) is 10.9. The predicted octanol–water partition coefficient (Wildman–Crippen LogP) is 2.34. The molecule has 0 fully saturated rings. The van der Waals surface area contributed by atoms with Crippen molar-refractivity contribution in [1.82, 2.24) is 20.2 Å². The first-order chi connectivity index (χ1) is 9.75. The number of rotatable bonds is 2. The molecular formula is C15H12N4O. The van der Waals surface area contributed by atoms with Crippen LogP contribution in [0.1, 0.15) is 15.9 Å². The van der Waals surface area contributed by atoms with Crippen molar-refractivity contribution in [3.63, 3.8) is 0 Å². The summed E-state index contributed by atoms with van der Waals surface area (Å²) in [6.07, 6.45) is 0. The van der Waals surface area contributed by atoms with Gasteiger partial charge < -0.3 is 0 Å². The average Bonchev–Trinajstić information content (AvgIpc) is 2.97. The molecule has 0 bridgehead atoms. The quantitative estimate of drug-likeness (QED) is 0.666. The van der Waals surface area contributed by atoms with E-state index < -0.39 is 0 Å². The highest BCUT2D eigenvalue weighted by Gasteiger charge is 2.16. The Kier molecular flexibility index (Phi) is 3.09. The number of aromatic nitrogens is 4. The molecule has 0 aliphatic heterocycles. The normalized spacial score (nSPS) is 10.4. The topological polar surface area (TPSA) is 60.7 Å². The minimum atomic E-state index is -0.244. The summed E-state index contributed by atoms with van der Waals surface area (Å²) in [7, 11) is 0. The van der Waals surface area contributed by atoms with E-state index in [0.717, 1.165) is 11.1 Å². The molecule has 5 heteroatoms. The summed E-state index contributed by atoms with van der Waals surface area (Å²) in [6.45, 7) is 2.00. The molecule has 0 atom stereocenters. The van der Waals surface area contributed by atoms with E-state index in [4.69, 9.17) is 0 Å². The van der Waals surface area contributed by atoms with Gasteiger partial charge in [0.25, 0.3) is 5.91 Å². The van der Waals surface area contributed by atoms with Gasteiger partial charge in [-0.3, -0.25) is 4.79 Å². The molecule has 3 aromatic rings. The maximum atomic E-state index is 12.4. The van der Waals surface area contributed by atoms with Crippen LogP contribution >= 0.6 is 0 Å². The van der Waals surface area contributed by atoms with Crippen LogP contribution in [0.5, 0.6) is 0 Å². The van der Waals surface area contributed by atoms with E-state index in [-0.39, 0.29) is 5.91 Å². The van der Waals surface area contributed by atoms with Crippen LogP contribution in [-0.4, -0.2) is 26.1 Å². The van der Waals surface area contributed by atoms with E-state index in [1.165, 1.54) is 4.68 Å². The van der Waals surface area contributed by atoms with Crippen LogP contribution < -0.4 is 0 Å². The van der Waals surface area contributed by atoms with Crippen molar-refractivity contribution in [2.75, 3.05) is 0 Å². The van der Waals surface area contributed by atoms with Crippen LogP contribution in [0.25, 0.3) is 11.4 Å². The van der Waals surface area contributed by atoms with Gasteiger partial charge in [0.2, 0.25) is 0 Å². The highest BCUT2D eigenvalue weighted by Crippen LogP contribution is 2.17. The van der Waals surface area contributed by atoms with Crippen molar-refractivity contribution < 1.29 is 4.79 Å². The van der Waals surface area contributed by atoms with Gasteiger partial charge in [-0.1, -0.05) is 48.0 Å². The lowest BCUT2D eigenvalue weighted by Gasteiger charge is -2.03. The van der Waals surface area contributed by atoms with E-state index >= 15 is 0 Å². The fourth-order valence-electron chi connectivity index (χ4n) is 1.91. The third-order valence-corrected chi connectivity index (χ3v) is 2.99. The first-order valence-electron chi connectivity index (χ1n) is 6.21. The monoisotopic (exact) mass is 264 g/mol. The Morgan fingerprint density at radius 2 is 1.70 bits per heavy atom. The summed E-state index contributed by atoms with van der Waals surface area (Å²) in [5.41, 5.74) is 2.50. The molecule has 1 aromatic heterocycles. The van der Waals surface area contributed by atoms with Crippen LogP contribution in [0.15, 0.2) is 54.6 Å². The van der Waals surface area contributed by atoms with Crippen molar-refractivity contribution in [3.8, 4) is 11.4 Å². The predicted molar refractivity (Wildman–Crippen MR) is 74.2 cm³/mol. The SMILES string of the molecule is Cc1ccc(-c2nnnn2C(=O)c2ccccc2)cc1. The van der Waals surface area contributed by atoms with Gasteiger partial charge in [-0.05, 0) is 29.5 Å². The summed E-state index contributed by atoms with van der Waals surface area (Å²) in [5, 5.41) is 11.4. The Morgan fingerprint density at radius 1 is 1.00 bits per heavy atom. The number of benzene rings is 2. The summed E-state index contributed by atoms with van der Waals surface area (Å²) < 4.78 is 1.22. The van der Waals surface area contributed by atoms with Crippen LogP contribution in [-0.2, 0) is 0 Å². The van der Waals surface area contributed by atoms with Crippen LogP contribution in [0.2, 0.25) is 0 Å². The number of nitrogens with zero attached hydrogens (tertiary/aromatic N) is 4. The highest BCUT2D eigenvalue weighted by atomic mass is 16.2. The molecule has 0 amide bonds. The van der Waals surface area contributed by atoms with Crippen LogP contribution in [0.3, 0.4) is 0 Å². The zero-order valence-corrected chi connectivity index (χ0v) is 10.9. The smallest absolute Gasteiger partial charge is 0.267 e. The molecule has 0 aliphatic rings. The Bertz CT molecular complexity index is 732. The van der Waals surface area contributed by atoms with Crippen LogP contribution in [0.4, 0.5) is 0 Å². The lowest BCUT2D eigenvalue weighted by Crippen LogP contribution is -2.15. The van der Waals surface area contributed by atoms with Gasteiger partial charge in [-0.15, -0.1) is 5.10 Å². The maximum Gasteiger partial charge on any atom is 0.281 e. The number of hydrogen-bond acceptors (Lipinski definition) is 4.